The number of aromatic nitrogens is 2. The van der Waals surface area contributed by atoms with Gasteiger partial charge in [-0.3, -0.25) is 4.79 Å². The zero-order valence-electron chi connectivity index (χ0n) is 12.1. The van der Waals surface area contributed by atoms with E-state index < -0.39 is 0 Å². The van der Waals surface area contributed by atoms with Gasteiger partial charge in [0.25, 0.3) is 0 Å². The van der Waals surface area contributed by atoms with Gasteiger partial charge in [0.15, 0.2) is 0 Å². The quantitative estimate of drug-likeness (QED) is 0.838. The number of hydrogen-bond acceptors (Lipinski definition) is 5. The lowest BCUT2D eigenvalue weighted by Crippen LogP contribution is -2.10. The van der Waals surface area contributed by atoms with Gasteiger partial charge < -0.3 is 9.26 Å². The van der Waals surface area contributed by atoms with Crippen LogP contribution in [0.3, 0.4) is 0 Å². The Balaban J connectivity index is 2.27. The van der Waals surface area contributed by atoms with Crippen molar-refractivity contribution in [1.82, 2.24) is 10.1 Å². The van der Waals surface area contributed by atoms with E-state index in [1.807, 2.05) is 39.0 Å². The summed E-state index contributed by atoms with van der Waals surface area (Å²) in [6, 6.07) is 5.74. The van der Waals surface area contributed by atoms with Crippen molar-refractivity contribution in [3.8, 4) is 17.1 Å². The maximum atomic E-state index is 11.7. The number of carbonyl (C=O) groups excluding carboxylic acids is 1. The fourth-order valence-electron chi connectivity index (χ4n) is 1.77. The SMILES string of the molecule is COc1cc(C)ccc1-c1noc(CC(=O)C(C)C)n1. The molecule has 5 heteroatoms. The summed E-state index contributed by atoms with van der Waals surface area (Å²) in [5.41, 5.74) is 1.84. The van der Waals surface area contributed by atoms with E-state index in [-0.39, 0.29) is 18.1 Å². The second-order valence-corrected chi connectivity index (χ2v) is 5.01. The number of Topliss-reactive ketones (excluding diaryl/α,β-unsaturated/α-hetero) is 1. The van der Waals surface area contributed by atoms with Crippen molar-refractivity contribution in [3.63, 3.8) is 0 Å². The lowest BCUT2D eigenvalue weighted by molar-refractivity contribution is -0.121. The smallest absolute Gasteiger partial charge is 0.234 e. The fraction of sp³-hybridized carbons (Fsp3) is 0.400. The number of carbonyl (C=O) groups is 1. The maximum Gasteiger partial charge on any atom is 0.234 e. The summed E-state index contributed by atoms with van der Waals surface area (Å²) in [5, 5.41) is 3.92. The van der Waals surface area contributed by atoms with Gasteiger partial charge in [0, 0.05) is 5.92 Å². The van der Waals surface area contributed by atoms with Gasteiger partial charge in [0.1, 0.15) is 11.5 Å². The molecule has 0 saturated heterocycles. The molecule has 0 saturated carbocycles. The minimum atomic E-state index is -0.0424. The monoisotopic (exact) mass is 274 g/mol. The summed E-state index contributed by atoms with van der Waals surface area (Å²) < 4.78 is 10.5. The zero-order chi connectivity index (χ0) is 14.7. The van der Waals surface area contributed by atoms with E-state index in [0.29, 0.717) is 17.5 Å². The Labute approximate surface area is 118 Å². The van der Waals surface area contributed by atoms with Gasteiger partial charge in [0.05, 0.1) is 19.1 Å². The summed E-state index contributed by atoms with van der Waals surface area (Å²) in [4.78, 5) is 15.9. The van der Waals surface area contributed by atoms with Crippen molar-refractivity contribution in [3.05, 3.63) is 29.7 Å². The van der Waals surface area contributed by atoms with Crippen molar-refractivity contribution in [1.29, 1.82) is 0 Å². The van der Waals surface area contributed by atoms with Crippen LogP contribution in [0.4, 0.5) is 0 Å². The molecule has 2 aromatic rings. The number of nitrogens with zero attached hydrogens (tertiary/aromatic N) is 2. The second kappa shape index (κ2) is 5.86. The molecule has 0 bridgehead atoms. The molecule has 0 fully saturated rings. The Kier molecular flexibility index (Phi) is 4.17. The van der Waals surface area contributed by atoms with Crippen LogP contribution in [0, 0.1) is 12.8 Å². The van der Waals surface area contributed by atoms with Crippen molar-refractivity contribution >= 4 is 5.78 Å². The maximum absolute atomic E-state index is 11.7. The minimum Gasteiger partial charge on any atom is -0.496 e. The standard InChI is InChI=1S/C15H18N2O3/c1-9(2)12(18)8-14-16-15(17-20-14)11-6-5-10(3)7-13(11)19-4/h5-7,9H,8H2,1-4H3. The van der Waals surface area contributed by atoms with Gasteiger partial charge in [-0.1, -0.05) is 25.1 Å². The van der Waals surface area contributed by atoms with E-state index in [1.54, 1.807) is 7.11 Å². The Hall–Kier alpha value is -2.17. The first kappa shape index (κ1) is 14.2. The summed E-state index contributed by atoms with van der Waals surface area (Å²) in [7, 11) is 1.60. The van der Waals surface area contributed by atoms with Crippen LogP contribution in [0.15, 0.2) is 22.7 Å². The molecule has 106 valence electrons. The molecule has 1 aromatic carbocycles. The minimum absolute atomic E-state index is 0.0424. The highest BCUT2D eigenvalue weighted by Crippen LogP contribution is 2.28. The number of benzene rings is 1. The normalized spacial score (nSPS) is 10.8. The lowest BCUT2D eigenvalue weighted by Gasteiger charge is -2.05. The molecule has 0 radical (unpaired) electrons. The molecule has 5 nitrogen and oxygen atoms in total. The van der Waals surface area contributed by atoms with Crippen LogP contribution in [0.25, 0.3) is 11.4 Å². The highest BCUT2D eigenvalue weighted by Gasteiger charge is 2.16. The number of hydrogen-bond donors (Lipinski definition) is 0. The molecule has 0 amide bonds. The molecule has 0 N–H and O–H groups in total. The molecule has 0 unspecified atom stereocenters. The van der Waals surface area contributed by atoms with Crippen LogP contribution in [0.5, 0.6) is 5.75 Å². The van der Waals surface area contributed by atoms with E-state index >= 15 is 0 Å². The highest BCUT2D eigenvalue weighted by atomic mass is 16.5. The molecular formula is C15H18N2O3. The van der Waals surface area contributed by atoms with Gasteiger partial charge in [-0.05, 0) is 24.6 Å². The molecule has 2 rings (SSSR count). The van der Waals surface area contributed by atoms with E-state index in [2.05, 4.69) is 10.1 Å². The predicted molar refractivity (Wildman–Crippen MR) is 74.6 cm³/mol. The Morgan fingerprint density at radius 3 is 2.80 bits per heavy atom. The van der Waals surface area contributed by atoms with Crippen molar-refractivity contribution in [2.24, 2.45) is 5.92 Å². The number of ketones is 1. The Morgan fingerprint density at radius 1 is 1.40 bits per heavy atom. The van der Waals surface area contributed by atoms with Crippen molar-refractivity contribution in [2.75, 3.05) is 7.11 Å². The van der Waals surface area contributed by atoms with Crippen LogP contribution in [-0.4, -0.2) is 23.0 Å². The van der Waals surface area contributed by atoms with Crippen molar-refractivity contribution < 1.29 is 14.1 Å². The van der Waals surface area contributed by atoms with Crippen LogP contribution in [-0.2, 0) is 11.2 Å². The second-order valence-electron chi connectivity index (χ2n) is 5.01. The number of ether oxygens (including phenoxy) is 1. The Morgan fingerprint density at radius 2 is 2.15 bits per heavy atom. The first-order valence-electron chi connectivity index (χ1n) is 6.51. The molecule has 1 heterocycles. The van der Waals surface area contributed by atoms with E-state index in [0.717, 1.165) is 11.1 Å². The van der Waals surface area contributed by atoms with Crippen LogP contribution in [0.2, 0.25) is 0 Å². The summed E-state index contributed by atoms with van der Waals surface area (Å²) in [6.07, 6.45) is 0.166. The first-order valence-corrected chi connectivity index (χ1v) is 6.51. The molecule has 1 aromatic heterocycles. The molecular weight excluding hydrogens is 256 g/mol. The molecule has 20 heavy (non-hydrogen) atoms. The third-order valence-corrected chi connectivity index (χ3v) is 3.04. The fourth-order valence-corrected chi connectivity index (χ4v) is 1.77. The van der Waals surface area contributed by atoms with E-state index in [9.17, 15) is 4.79 Å². The average molecular weight is 274 g/mol. The topological polar surface area (TPSA) is 65.2 Å². The average Bonchev–Trinajstić information content (AvgIpc) is 2.86. The number of aryl methyl sites for hydroxylation is 1. The molecule has 0 aliphatic carbocycles. The lowest BCUT2D eigenvalue weighted by atomic mass is 10.1. The third kappa shape index (κ3) is 3.04. The summed E-state index contributed by atoms with van der Waals surface area (Å²) in [6.45, 7) is 5.68. The first-order chi connectivity index (χ1) is 9.51. The van der Waals surface area contributed by atoms with Crippen molar-refractivity contribution in [2.45, 2.75) is 27.2 Å². The highest BCUT2D eigenvalue weighted by molar-refractivity contribution is 5.81. The van der Waals surface area contributed by atoms with Crippen LogP contribution >= 0.6 is 0 Å². The zero-order valence-corrected chi connectivity index (χ0v) is 12.1. The molecule has 0 aliphatic heterocycles. The third-order valence-electron chi connectivity index (χ3n) is 3.04. The van der Waals surface area contributed by atoms with Gasteiger partial charge in [-0.25, -0.2) is 0 Å². The van der Waals surface area contributed by atoms with Crippen LogP contribution < -0.4 is 4.74 Å². The van der Waals surface area contributed by atoms with Gasteiger partial charge >= 0.3 is 0 Å². The summed E-state index contributed by atoms with van der Waals surface area (Å²) in [5.74, 6) is 1.50. The molecule has 0 aliphatic rings. The van der Waals surface area contributed by atoms with E-state index in [4.69, 9.17) is 9.26 Å². The van der Waals surface area contributed by atoms with E-state index in [1.165, 1.54) is 0 Å². The number of rotatable bonds is 5. The Bertz CT molecular complexity index is 617. The van der Waals surface area contributed by atoms with Gasteiger partial charge in [-0.2, -0.15) is 4.98 Å². The van der Waals surface area contributed by atoms with Crippen LogP contribution in [0.1, 0.15) is 25.3 Å². The summed E-state index contributed by atoms with van der Waals surface area (Å²) >= 11 is 0. The van der Waals surface area contributed by atoms with Gasteiger partial charge in [-0.15, -0.1) is 0 Å². The molecule has 0 spiro atoms. The number of methoxy groups -OCH3 is 1. The molecule has 0 atom stereocenters. The largest absolute Gasteiger partial charge is 0.496 e. The van der Waals surface area contributed by atoms with Gasteiger partial charge in [0.2, 0.25) is 11.7 Å². The predicted octanol–water partition coefficient (Wildman–Crippen LogP) is 2.82.